The molecule has 1 N–H and O–H groups in total. The summed E-state index contributed by atoms with van der Waals surface area (Å²) >= 11 is 5.85. The Morgan fingerprint density at radius 3 is 2.37 bits per heavy atom. The zero-order valence-corrected chi connectivity index (χ0v) is 17.5. The molecular weight excluding hydrogens is 400 g/mol. The molecule has 0 atom stereocenters. The van der Waals surface area contributed by atoms with E-state index < -0.39 is 0 Å². The number of carbonyl (C=O) groups excluding carboxylic acids is 1. The summed E-state index contributed by atoms with van der Waals surface area (Å²) < 4.78 is 5.50. The number of rotatable bonds is 6. The number of ether oxygens (including phenoxy) is 1. The Balaban J connectivity index is 1.49. The highest BCUT2D eigenvalue weighted by molar-refractivity contribution is 6.30. The van der Waals surface area contributed by atoms with Crippen molar-refractivity contribution in [3.05, 3.63) is 76.8 Å². The van der Waals surface area contributed by atoms with Gasteiger partial charge in [-0.1, -0.05) is 30.7 Å². The lowest BCUT2D eigenvalue weighted by Crippen LogP contribution is -2.20. The minimum Gasteiger partial charge on any atom is -0.484 e. The molecule has 0 spiro atoms. The predicted molar refractivity (Wildman–Crippen MR) is 119 cm³/mol. The third-order valence-electron chi connectivity index (χ3n) is 4.76. The number of hydrogen-bond acceptors (Lipinski definition) is 4. The number of carbonyl (C=O) groups is 1. The number of aryl methyl sites for hydroxylation is 2. The largest absolute Gasteiger partial charge is 0.484 e. The summed E-state index contributed by atoms with van der Waals surface area (Å²) in [6, 6.07) is 18.8. The lowest BCUT2D eigenvalue weighted by atomic mass is 10.1. The first-order valence-corrected chi connectivity index (χ1v) is 10.0. The van der Waals surface area contributed by atoms with Gasteiger partial charge < -0.3 is 10.1 Å². The van der Waals surface area contributed by atoms with E-state index in [9.17, 15) is 4.79 Å². The first-order chi connectivity index (χ1) is 14.5. The van der Waals surface area contributed by atoms with Crippen molar-refractivity contribution in [2.24, 2.45) is 0 Å². The molecule has 0 fully saturated rings. The van der Waals surface area contributed by atoms with E-state index in [0.717, 1.165) is 23.2 Å². The van der Waals surface area contributed by atoms with Crippen molar-refractivity contribution in [3.63, 3.8) is 0 Å². The Morgan fingerprint density at radius 1 is 1.03 bits per heavy atom. The van der Waals surface area contributed by atoms with Crippen LogP contribution in [0.2, 0.25) is 5.02 Å². The van der Waals surface area contributed by atoms with E-state index in [2.05, 4.69) is 34.6 Å². The summed E-state index contributed by atoms with van der Waals surface area (Å²) in [4.78, 5) is 13.9. The van der Waals surface area contributed by atoms with Crippen LogP contribution in [0.1, 0.15) is 18.1 Å². The van der Waals surface area contributed by atoms with E-state index in [-0.39, 0.29) is 12.5 Å². The van der Waals surface area contributed by atoms with E-state index in [1.54, 1.807) is 29.1 Å². The molecule has 7 heteroatoms. The maximum absolute atomic E-state index is 12.3. The molecule has 0 aliphatic heterocycles. The molecule has 30 heavy (non-hydrogen) atoms. The Kier molecular flexibility index (Phi) is 5.68. The van der Waals surface area contributed by atoms with Crippen molar-refractivity contribution in [1.29, 1.82) is 0 Å². The highest BCUT2D eigenvalue weighted by Gasteiger charge is 2.11. The topological polar surface area (TPSA) is 69.0 Å². The van der Waals surface area contributed by atoms with Crippen molar-refractivity contribution in [1.82, 2.24) is 15.0 Å². The lowest BCUT2D eigenvalue weighted by molar-refractivity contribution is -0.118. The number of amides is 1. The fraction of sp³-hybridized carbons (Fsp3) is 0.174. The Bertz CT molecular complexity index is 1180. The van der Waals surface area contributed by atoms with Crippen LogP contribution in [0.25, 0.3) is 16.7 Å². The molecule has 3 aromatic carbocycles. The minimum absolute atomic E-state index is 0.102. The van der Waals surface area contributed by atoms with Crippen LogP contribution < -0.4 is 10.1 Å². The SMILES string of the molecule is CCc1ccc(-n2nc3cc(C)c(NC(=O)COc4ccc(Cl)cc4)cc3n2)cc1. The second-order valence-electron chi connectivity index (χ2n) is 6.96. The van der Waals surface area contributed by atoms with Crippen LogP contribution in [0, 0.1) is 6.92 Å². The number of nitrogens with zero attached hydrogens (tertiary/aromatic N) is 3. The molecular formula is C23H21ClN4O2. The second-order valence-corrected chi connectivity index (χ2v) is 7.39. The van der Waals surface area contributed by atoms with E-state index in [4.69, 9.17) is 16.3 Å². The molecule has 1 amide bonds. The van der Waals surface area contributed by atoms with Crippen LogP contribution in [-0.2, 0) is 11.2 Å². The van der Waals surface area contributed by atoms with Gasteiger partial charge in [0.1, 0.15) is 16.8 Å². The zero-order valence-electron chi connectivity index (χ0n) is 16.7. The number of halogens is 1. The zero-order chi connectivity index (χ0) is 21.1. The van der Waals surface area contributed by atoms with Gasteiger partial charge in [-0.2, -0.15) is 4.80 Å². The molecule has 152 valence electrons. The number of fused-ring (bicyclic) bond motifs is 1. The van der Waals surface area contributed by atoms with Crippen molar-refractivity contribution < 1.29 is 9.53 Å². The molecule has 4 rings (SSSR count). The van der Waals surface area contributed by atoms with Gasteiger partial charge in [-0.05, 0) is 73.0 Å². The van der Waals surface area contributed by atoms with E-state index >= 15 is 0 Å². The van der Waals surface area contributed by atoms with Gasteiger partial charge in [0.05, 0.1) is 5.69 Å². The molecule has 0 saturated heterocycles. The molecule has 0 radical (unpaired) electrons. The molecule has 1 aromatic heterocycles. The maximum atomic E-state index is 12.3. The first kappa shape index (κ1) is 19.9. The standard InChI is InChI=1S/C23H21ClN4O2/c1-3-16-4-8-18(9-5-16)28-26-21-12-15(2)20(13-22(21)27-28)25-23(29)14-30-19-10-6-17(24)7-11-19/h4-13H,3,14H2,1-2H3,(H,25,29). The van der Waals surface area contributed by atoms with Crippen LogP contribution in [0.3, 0.4) is 0 Å². The molecule has 0 bridgehead atoms. The second kappa shape index (κ2) is 8.55. The molecule has 0 aliphatic carbocycles. The van der Waals surface area contributed by atoms with Crippen molar-refractivity contribution in [2.75, 3.05) is 11.9 Å². The highest BCUT2D eigenvalue weighted by Crippen LogP contribution is 2.22. The maximum Gasteiger partial charge on any atom is 0.262 e. The van der Waals surface area contributed by atoms with Gasteiger partial charge in [-0.15, -0.1) is 10.2 Å². The van der Waals surface area contributed by atoms with Crippen LogP contribution >= 0.6 is 11.6 Å². The smallest absolute Gasteiger partial charge is 0.262 e. The molecule has 6 nitrogen and oxygen atoms in total. The minimum atomic E-state index is -0.255. The fourth-order valence-electron chi connectivity index (χ4n) is 3.05. The number of aromatic nitrogens is 3. The van der Waals surface area contributed by atoms with Crippen LogP contribution in [0.4, 0.5) is 5.69 Å². The highest BCUT2D eigenvalue weighted by atomic mass is 35.5. The number of nitrogens with one attached hydrogen (secondary N) is 1. The summed E-state index contributed by atoms with van der Waals surface area (Å²) in [5.41, 5.74) is 5.20. The summed E-state index contributed by atoms with van der Waals surface area (Å²) in [6.45, 7) is 3.94. The van der Waals surface area contributed by atoms with Crippen LogP contribution in [0.15, 0.2) is 60.7 Å². The Hall–Kier alpha value is -3.38. The third kappa shape index (κ3) is 4.44. The number of anilines is 1. The molecule has 1 heterocycles. The lowest BCUT2D eigenvalue weighted by Gasteiger charge is -2.09. The average molecular weight is 421 g/mol. The van der Waals surface area contributed by atoms with Gasteiger partial charge in [-0.25, -0.2) is 0 Å². The monoisotopic (exact) mass is 420 g/mol. The summed E-state index contributed by atoms with van der Waals surface area (Å²) in [5, 5.41) is 12.6. The fourth-order valence-corrected chi connectivity index (χ4v) is 3.18. The van der Waals surface area contributed by atoms with Crippen LogP contribution in [-0.4, -0.2) is 27.5 Å². The van der Waals surface area contributed by atoms with Crippen molar-refractivity contribution in [2.45, 2.75) is 20.3 Å². The Labute approximate surface area is 179 Å². The molecule has 4 aromatic rings. The van der Waals surface area contributed by atoms with Crippen LogP contribution in [0.5, 0.6) is 5.75 Å². The van der Waals surface area contributed by atoms with Crippen molar-refractivity contribution >= 4 is 34.2 Å². The number of hydrogen-bond donors (Lipinski definition) is 1. The normalized spacial score (nSPS) is 10.9. The molecule has 0 unspecified atom stereocenters. The quantitative estimate of drug-likeness (QED) is 0.478. The summed E-state index contributed by atoms with van der Waals surface area (Å²) in [5.74, 6) is 0.328. The summed E-state index contributed by atoms with van der Waals surface area (Å²) in [6.07, 6.45) is 0.985. The third-order valence-corrected chi connectivity index (χ3v) is 5.01. The summed E-state index contributed by atoms with van der Waals surface area (Å²) in [7, 11) is 0. The molecule has 0 saturated carbocycles. The predicted octanol–water partition coefficient (Wildman–Crippen LogP) is 4.96. The average Bonchev–Trinajstić information content (AvgIpc) is 3.16. The van der Waals surface area contributed by atoms with Gasteiger partial charge in [0.25, 0.3) is 5.91 Å². The van der Waals surface area contributed by atoms with Gasteiger partial charge in [-0.3, -0.25) is 4.79 Å². The van der Waals surface area contributed by atoms with Gasteiger partial charge in [0.15, 0.2) is 6.61 Å². The van der Waals surface area contributed by atoms with E-state index in [0.29, 0.717) is 22.0 Å². The van der Waals surface area contributed by atoms with Gasteiger partial charge >= 0.3 is 0 Å². The van der Waals surface area contributed by atoms with Gasteiger partial charge in [0, 0.05) is 10.7 Å². The van der Waals surface area contributed by atoms with Gasteiger partial charge in [0.2, 0.25) is 0 Å². The molecule has 0 aliphatic rings. The van der Waals surface area contributed by atoms with E-state index in [1.807, 2.05) is 31.2 Å². The van der Waals surface area contributed by atoms with Crippen molar-refractivity contribution in [3.8, 4) is 11.4 Å². The number of benzene rings is 3. The first-order valence-electron chi connectivity index (χ1n) is 9.67. The Morgan fingerprint density at radius 2 is 1.70 bits per heavy atom. The van der Waals surface area contributed by atoms with E-state index in [1.165, 1.54) is 5.56 Å².